The molecule has 0 radical (unpaired) electrons. The SMILES string of the molecule is CCC1CN(c2cc(OC)ccc2F)CCCN1. The van der Waals surface area contributed by atoms with Crippen LogP contribution in [0.25, 0.3) is 0 Å². The van der Waals surface area contributed by atoms with Crippen LogP contribution >= 0.6 is 0 Å². The maximum absolute atomic E-state index is 13.9. The van der Waals surface area contributed by atoms with Gasteiger partial charge < -0.3 is 15.0 Å². The lowest BCUT2D eigenvalue weighted by atomic mass is 10.2. The van der Waals surface area contributed by atoms with Crippen molar-refractivity contribution >= 4 is 5.69 Å². The number of benzene rings is 1. The zero-order valence-electron chi connectivity index (χ0n) is 11.1. The molecule has 0 saturated carbocycles. The Labute approximate surface area is 108 Å². The predicted molar refractivity (Wildman–Crippen MR) is 71.9 cm³/mol. The highest BCUT2D eigenvalue weighted by molar-refractivity contribution is 5.52. The lowest BCUT2D eigenvalue weighted by Crippen LogP contribution is -2.37. The Morgan fingerprint density at radius 3 is 3.06 bits per heavy atom. The Kier molecular flexibility index (Phi) is 4.42. The van der Waals surface area contributed by atoms with E-state index in [0.717, 1.165) is 32.5 Å². The normalized spacial score (nSPS) is 20.6. The third kappa shape index (κ3) is 2.93. The summed E-state index contributed by atoms with van der Waals surface area (Å²) in [6.07, 6.45) is 2.09. The molecular formula is C14H21FN2O. The largest absolute Gasteiger partial charge is 0.497 e. The van der Waals surface area contributed by atoms with Crippen molar-refractivity contribution in [1.82, 2.24) is 5.32 Å². The Balaban J connectivity index is 2.22. The zero-order chi connectivity index (χ0) is 13.0. The van der Waals surface area contributed by atoms with E-state index in [-0.39, 0.29) is 5.82 Å². The smallest absolute Gasteiger partial charge is 0.146 e. The van der Waals surface area contributed by atoms with Crippen LogP contribution in [0.5, 0.6) is 5.75 Å². The van der Waals surface area contributed by atoms with Crippen molar-refractivity contribution in [3.8, 4) is 5.75 Å². The quantitative estimate of drug-likeness (QED) is 0.894. The lowest BCUT2D eigenvalue weighted by molar-refractivity contribution is 0.413. The number of ether oxygens (including phenoxy) is 1. The van der Waals surface area contributed by atoms with E-state index in [2.05, 4.69) is 17.1 Å². The monoisotopic (exact) mass is 252 g/mol. The van der Waals surface area contributed by atoms with Crippen molar-refractivity contribution in [1.29, 1.82) is 0 Å². The number of hydrogen-bond acceptors (Lipinski definition) is 3. The number of halogens is 1. The van der Waals surface area contributed by atoms with E-state index < -0.39 is 0 Å². The first kappa shape index (κ1) is 13.1. The molecule has 1 heterocycles. The molecule has 2 rings (SSSR count). The molecule has 0 bridgehead atoms. The molecule has 0 amide bonds. The van der Waals surface area contributed by atoms with E-state index in [4.69, 9.17) is 4.74 Å². The van der Waals surface area contributed by atoms with E-state index in [1.54, 1.807) is 19.2 Å². The second kappa shape index (κ2) is 6.05. The summed E-state index contributed by atoms with van der Waals surface area (Å²) in [4.78, 5) is 2.12. The van der Waals surface area contributed by atoms with E-state index >= 15 is 0 Å². The van der Waals surface area contributed by atoms with Crippen LogP contribution in [0.2, 0.25) is 0 Å². The highest BCUT2D eigenvalue weighted by atomic mass is 19.1. The number of methoxy groups -OCH3 is 1. The summed E-state index contributed by atoms with van der Waals surface area (Å²) in [7, 11) is 1.61. The van der Waals surface area contributed by atoms with Gasteiger partial charge in [0.1, 0.15) is 11.6 Å². The van der Waals surface area contributed by atoms with Gasteiger partial charge >= 0.3 is 0 Å². The molecule has 1 aliphatic rings. The number of rotatable bonds is 3. The zero-order valence-corrected chi connectivity index (χ0v) is 11.1. The van der Waals surface area contributed by atoms with Crippen molar-refractivity contribution < 1.29 is 9.13 Å². The molecule has 1 unspecified atom stereocenters. The number of anilines is 1. The molecule has 100 valence electrons. The second-order valence-electron chi connectivity index (χ2n) is 4.68. The van der Waals surface area contributed by atoms with Crippen molar-refractivity contribution in [2.24, 2.45) is 0 Å². The molecule has 3 nitrogen and oxygen atoms in total. The maximum Gasteiger partial charge on any atom is 0.146 e. The van der Waals surface area contributed by atoms with Gasteiger partial charge in [-0.25, -0.2) is 4.39 Å². The molecule has 0 spiro atoms. The van der Waals surface area contributed by atoms with Gasteiger partial charge in [-0.2, -0.15) is 0 Å². The summed E-state index contributed by atoms with van der Waals surface area (Å²) >= 11 is 0. The van der Waals surface area contributed by atoms with Gasteiger partial charge in [0.05, 0.1) is 12.8 Å². The van der Waals surface area contributed by atoms with Gasteiger partial charge in [-0.1, -0.05) is 6.92 Å². The van der Waals surface area contributed by atoms with Crippen LogP contribution in [-0.2, 0) is 0 Å². The van der Waals surface area contributed by atoms with Crippen molar-refractivity contribution in [2.45, 2.75) is 25.8 Å². The van der Waals surface area contributed by atoms with Gasteiger partial charge in [-0.05, 0) is 31.5 Å². The highest BCUT2D eigenvalue weighted by Crippen LogP contribution is 2.26. The Bertz CT molecular complexity index is 397. The van der Waals surface area contributed by atoms with Crippen LogP contribution in [-0.4, -0.2) is 32.8 Å². The van der Waals surface area contributed by atoms with Crippen molar-refractivity contribution in [3.63, 3.8) is 0 Å². The molecule has 4 heteroatoms. The van der Waals surface area contributed by atoms with E-state index in [0.29, 0.717) is 17.5 Å². The standard InChI is InChI=1S/C14H21FN2O/c1-3-11-10-17(8-4-7-16-11)14-9-12(18-2)5-6-13(14)15/h5-6,9,11,16H,3-4,7-8,10H2,1-2H3. The van der Waals surface area contributed by atoms with E-state index in [1.165, 1.54) is 6.07 Å². The first-order valence-corrected chi connectivity index (χ1v) is 6.56. The van der Waals surface area contributed by atoms with Crippen LogP contribution in [0.4, 0.5) is 10.1 Å². The highest BCUT2D eigenvalue weighted by Gasteiger charge is 2.19. The second-order valence-corrected chi connectivity index (χ2v) is 4.68. The molecule has 1 atom stereocenters. The fourth-order valence-electron chi connectivity index (χ4n) is 2.35. The Morgan fingerprint density at radius 1 is 1.50 bits per heavy atom. The maximum atomic E-state index is 13.9. The fourth-order valence-corrected chi connectivity index (χ4v) is 2.35. The minimum Gasteiger partial charge on any atom is -0.497 e. The lowest BCUT2D eigenvalue weighted by Gasteiger charge is -2.26. The van der Waals surface area contributed by atoms with Gasteiger partial charge in [0, 0.05) is 25.2 Å². The molecule has 0 aromatic heterocycles. The summed E-state index contributed by atoms with van der Waals surface area (Å²) < 4.78 is 19.1. The van der Waals surface area contributed by atoms with Crippen LogP contribution in [0.15, 0.2) is 18.2 Å². The summed E-state index contributed by atoms with van der Waals surface area (Å²) in [5.41, 5.74) is 0.650. The molecule has 0 aliphatic carbocycles. The third-order valence-corrected chi connectivity index (χ3v) is 3.47. The average molecular weight is 252 g/mol. The van der Waals surface area contributed by atoms with Crippen LogP contribution < -0.4 is 15.0 Å². The first-order chi connectivity index (χ1) is 8.74. The van der Waals surface area contributed by atoms with Gasteiger partial charge in [0.25, 0.3) is 0 Å². The van der Waals surface area contributed by atoms with Crippen LogP contribution in [0.3, 0.4) is 0 Å². The summed E-state index contributed by atoms with van der Waals surface area (Å²) in [5, 5.41) is 3.48. The number of nitrogens with zero attached hydrogens (tertiary/aromatic N) is 1. The summed E-state index contributed by atoms with van der Waals surface area (Å²) in [6.45, 7) is 4.89. The Morgan fingerprint density at radius 2 is 2.33 bits per heavy atom. The molecule has 1 N–H and O–H groups in total. The summed E-state index contributed by atoms with van der Waals surface area (Å²) in [5.74, 6) is 0.532. The number of nitrogens with one attached hydrogen (secondary N) is 1. The van der Waals surface area contributed by atoms with Gasteiger partial charge in [0.2, 0.25) is 0 Å². The summed E-state index contributed by atoms with van der Waals surface area (Å²) in [6, 6.07) is 5.35. The molecule has 1 fully saturated rings. The van der Waals surface area contributed by atoms with Crippen LogP contribution in [0.1, 0.15) is 19.8 Å². The molecular weight excluding hydrogens is 231 g/mol. The predicted octanol–water partition coefficient (Wildman–Crippen LogP) is 2.41. The molecule has 1 aromatic rings. The van der Waals surface area contributed by atoms with E-state index in [1.807, 2.05) is 0 Å². The van der Waals surface area contributed by atoms with Gasteiger partial charge in [-0.3, -0.25) is 0 Å². The average Bonchev–Trinajstić information content (AvgIpc) is 2.64. The molecule has 1 aromatic carbocycles. The first-order valence-electron chi connectivity index (χ1n) is 6.56. The van der Waals surface area contributed by atoms with Crippen molar-refractivity contribution in [2.75, 3.05) is 31.6 Å². The van der Waals surface area contributed by atoms with Crippen LogP contribution in [0, 0.1) is 5.82 Å². The Hall–Kier alpha value is -1.29. The minimum atomic E-state index is -0.174. The third-order valence-electron chi connectivity index (χ3n) is 3.47. The molecule has 1 saturated heterocycles. The fraction of sp³-hybridized carbons (Fsp3) is 0.571. The molecule has 1 aliphatic heterocycles. The minimum absolute atomic E-state index is 0.174. The van der Waals surface area contributed by atoms with Crippen molar-refractivity contribution in [3.05, 3.63) is 24.0 Å². The van der Waals surface area contributed by atoms with E-state index in [9.17, 15) is 4.39 Å². The topological polar surface area (TPSA) is 24.5 Å². The van der Waals surface area contributed by atoms with Gasteiger partial charge in [0.15, 0.2) is 0 Å². The number of hydrogen-bond donors (Lipinski definition) is 1. The van der Waals surface area contributed by atoms with Gasteiger partial charge in [-0.15, -0.1) is 0 Å². The molecule has 18 heavy (non-hydrogen) atoms.